The molecule has 0 saturated carbocycles. The van der Waals surface area contributed by atoms with Crippen LogP contribution in [0.15, 0.2) is 48.5 Å². The first kappa shape index (κ1) is 6.94. The van der Waals surface area contributed by atoms with E-state index < -0.39 is 0 Å². The van der Waals surface area contributed by atoms with E-state index in [-0.39, 0.29) is 0 Å². The Morgan fingerprint density at radius 1 is 0.833 bits per heavy atom. The van der Waals surface area contributed by atoms with Crippen LogP contribution in [0, 0.1) is 12.1 Å². The first-order valence-corrected chi connectivity index (χ1v) is 3.90. The maximum Gasteiger partial charge on any atom is 0.0321 e. The summed E-state index contributed by atoms with van der Waals surface area (Å²) >= 11 is 0. The van der Waals surface area contributed by atoms with Crippen LogP contribution < -0.4 is 0 Å². The van der Waals surface area contributed by atoms with Crippen molar-refractivity contribution < 1.29 is 0 Å². The predicted molar refractivity (Wildman–Crippen MR) is 49.6 cm³/mol. The molecule has 0 atom stereocenters. The third kappa shape index (κ3) is 1.31. The molecule has 0 amide bonds. The van der Waals surface area contributed by atoms with Crippen molar-refractivity contribution in [2.45, 2.75) is 0 Å². The van der Waals surface area contributed by atoms with E-state index >= 15 is 0 Å². The van der Waals surface area contributed by atoms with Gasteiger partial charge in [0.1, 0.15) is 0 Å². The number of hydrogen-bond donors (Lipinski definition) is 0. The van der Waals surface area contributed by atoms with Gasteiger partial charge in [-0.3, -0.25) is 0 Å². The second kappa shape index (κ2) is 3.11. The average Bonchev–Trinajstić information content (AvgIpc) is 2.21. The third-order valence-electron chi connectivity index (χ3n) is 1.73. The van der Waals surface area contributed by atoms with Gasteiger partial charge >= 0.3 is 0 Å². The average molecular weight is 152 g/mol. The molecule has 0 radical (unpaired) electrons. The van der Waals surface area contributed by atoms with Crippen LogP contribution in [0.25, 0.3) is 11.1 Å². The highest BCUT2D eigenvalue weighted by Gasteiger charge is 1.91. The second-order valence-electron chi connectivity index (χ2n) is 2.57. The second-order valence-corrected chi connectivity index (χ2v) is 2.57. The standard InChI is InChI=1S/C12H8/c1-3-7-11(8-4-1)12-9-5-2-6-10-12/h1-5,7-9H. The molecular formula is C12H8. The Balaban J connectivity index is 2.46. The van der Waals surface area contributed by atoms with Gasteiger partial charge in [0.2, 0.25) is 0 Å². The van der Waals surface area contributed by atoms with Crippen molar-refractivity contribution in [3.8, 4) is 11.1 Å². The Bertz CT molecular complexity index is 297. The van der Waals surface area contributed by atoms with Gasteiger partial charge in [-0.2, -0.15) is 0 Å². The molecular weight excluding hydrogens is 144 g/mol. The van der Waals surface area contributed by atoms with Crippen LogP contribution in [-0.4, -0.2) is 0 Å². The minimum atomic E-state index is 1.10. The first-order valence-electron chi connectivity index (χ1n) is 3.90. The number of hydrogen-bond acceptors (Lipinski definition) is 0. The zero-order valence-electron chi connectivity index (χ0n) is 6.62. The summed E-state index contributed by atoms with van der Waals surface area (Å²) in [7, 11) is 0. The van der Waals surface area contributed by atoms with Gasteiger partial charge in [0, 0.05) is 5.56 Å². The van der Waals surface area contributed by atoms with Gasteiger partial charge in [-0.25, -0.2) is 0 Å². The van der Waals surface area contributed by atoms with Crippen LogP contribution in [-0.2, 0) is 0 Å². The van der Waals surface area contributed by atoms with Crippen molar-refractivity contribution in [1.29, 1.82) is 0 Å². The molecule has 0 saturated heterocycles. The topological polar surface area (TPSA) is 0 Å². The normalized spacial score (nSPS) is 9.00. The summed E-state index contributed by atoms with van der Waals surface area (Å²) in [5.41, 5.74) is 2.28. The van der Waals surface area contributed by atoms with Gasteiger partial charge < -0.3 is 0 Å². The van der Waals surface area contributed by atoms with Crippen LogP contribution >= 0.6 is 0 Å². The lowest BCUT2D eigenvalue weighted by molar-refractivity contribution is 1.64. The maximum atomic E-state index is 3.06. The summed E-state index contributed by atoms with van der Waals surface area (Å²) in [6.45, 7) is 0. The fraction of sp³-hybridized carbons (Fsp3) is 0. The number of rotatable bonds is 1. The molecule has 0 heteroatoms. The molecule has 0 nitrogen and oxygen atoms in total. The van der Waals surface area contributed by atoms with Gasteiger partial charge in [0.05, 0.1) is 0 Å². The smallest absolute Gasteiger partial charge is 0.0321 e. The molecule has 12 heavy (non-hydrogen) atoms. The van der Waals surface area contributed by atoms with E-state index in [9.17, 15) is 0 Å². The van der Waals surface area contributed by atoms with Crippen LogP contribution in [0.2, 0.25) is 0 Å². The van der Waals surface area contributed by atoms with Crippen molar-refractivity contribution in [3.63, 3.8) is 0 Å². The van der Waals surface area contributed by atoms with Gasteiger partial charge in [-0.05, 0) is 17.7 Å². The summed E-state index contributed by atoms with van der Waals surface area (Å²) in [4.78, 5) is 0. The number of benzene rings is 1. The Hall–Kier alpha value is -1.74. The largest absolute Gasteiger partial charge is 0.0696 e. The summed E-state index contributed by atoms with van der Waals surface area (Å²) < 4.78 is 0. The van der Waals surface area contributed by atoms with Crippen molar-refractivity contribution >= 4 is 0 Å². The molecule has 0 aliphatic carbocycles. The molecule has 0 aromatic heterocycles. The molecule has 0 bridgehead atoms. The molecule has 0 aliphatic heterocycles. The van der Waals surface area contributed by atoms with E-state index in [4.69, 9.17) is 0 Å². The summed E-state index contributed by atoms with van der Waals surface area (Å²) in [6.07, 6.45) is 0. The molecule has 2 aromatic rings. The zero-order chi connectivity index (χ0) is 8.23. The van der Waals surface area contributed by atoms with E-state index in [1.807, 2.05) is 36.4 Å². The highest BCUT2D eigenvalue weighted by molar-refractivity contribution is 5.60. The molecule has 56 valence electrons. The Kier molecular flexibility index (Phi) is 1.80. The van der Waals surface area contributed by atoms with Gasteiger partial charge in [0.15, 0.2) is 0 Å². The quantitative estimate of drug-likeness (QED) is 0.589. The molecule has 0 fully saturated rings. The van der Waals surface area contributed by atoms with Crippen molar-refractivity contribution in [2.24, 2.45) is 0 Å². The Labute approximate surface area is 72.5 Å². The molecule has 2 rings (SSSR count). The lowest BCUT2D eigenvalue weighted by atomic mass is 10.1. The highest BCUT2D eigenvalue weighted by Crippen LogP contribution is 2.14. The lowest BCUT2D eigenvalue weighted by Crippen LogP contribution is -1.72. The van der Waals surface area contributed by atoms with Crippen LogP contribution in [0.3, 0.4) is 0 Å². The minimum Gasteiger partial charge on any atom is -0.0696 e. The van der Waals surface area contributed by atoms with Crippen LogP contribution in [0.1, 0.15) is 0 Å². The summed E-state index contributed by atoms with van der Waals surface area (Å²) in [5.74, 6) is 0. The molecule has 0 heterocycles. The molecule has 0 N–H and O–H groups in total. The monoisotopic (exact) mass is 152 g/mol. The van der Waals surface area contributed by atoms with E-state index in [1.54, 1.807) is 0 Å². The van der Waals surface area contributed by atoms with Gasteiger partial charge in [-0.1, -0.05) is 48.5 Å². The van der Waals surface area contributed by atoms with Crippen molar-refractivity contribution in [2.75, 3.05) is 0 Å². The van der Waals surface area contributed by atoms with E-state index in [1.165, 1.54) is 5.56 Å². The maximum absolute atomic E-state index is 3.06. The summed E-state index contributed by atoms with van der Waals surface area (Å²) in [6, 6.07) is 22.0. The first-order chi connectivity index (χ1) is 5.97. The molecule has 0 spiro atoms. The fourth-order valence-corrected chi connectivity index (χ4v) is 1.14. The zero-order valence-corrected chi connectivity index (χ0v) is 6.62. The lowest BCUT2D eigenvalue weighted by Gasteiger charge is -1.95. The predicted octanol–water partition coefficient (Wildman–Crippen LogP) is 2.95. The SMILES string of the molecule is c1cccc(-c2ccccc2)c#1. The molecule has 0 unspecified atom stereocenters. The van der Waals surface area contributed by atoms with Crippen LogP contribution in [0.4, 0.5) is 0 Å². The van der Waals surface area contributed by atoms with E-state index in [0.29, 0.717) is 0 Å². The Morgan fingerprint density at radius 2 is 1.67 bits per heavy atom. The Morgan fingerprint density at radius 3 is 2.33 bits per heavy atom. The van der Waals surface area contributed by atoms with Crippen molar-refractivity contribution in [1.82, 2.24) is 0 Å². The van der Waals surface area contributed by atoms with Gasteiger partial charge in [-0.15, -0.1) is 0 Å². The van der Waals surface area contributed by atoms with Gasteiger partial charge in [0.25, 0.3) is 0 Å². The minimum absolute atomic E-state index is 1.10. The van der Waals surface area contributed by atoms with Crippen molar-refractivity contribution in [3.05, 3.63) is 60.7 Å². The van der Waals surface area contributed by atoms with E-state index in [2.05, 4.69) is 24.3 Å². The van der Waals surface area contributed by atoms with E-state index in [0.717, 1.165) is 5.56 Å². The molecule has 2 aromatic carbocycles. The molecule has 0 aliphatic rings. The fourth-order valence-electron chi connectivity index (χ4n) is 1.14. The highest BCUT2D eigenvalue weighted by atomic mass is 13.9. The third-order valence-corrected chi connectivity index (χ3v) is 1.73. The van der Waals surface area contributed by atoms with Crippen LogP contribution in [0.5, 0.6) is 0 Å². The summed E-state index contributed by atoms with van der Waals surface area (Å²) in [5, 5.41) is 0.